The summed E-state index contributed by atoms with van der Waals surface area (Å²) in [4.78, 5) is 2.70. The van der Waals surface area contributed by atoms with E-state index >= 15 is 0 Å². The summed E-state index contributed by atoms with van der Waals surface area (Å²) in [5, 5.41) is 0. The molecule has 1 saturated heterocycles. The highest BCUT2D eigenvalue weighted by molar-refractivity contribution is 4.80. The maximum Gasteiger partial charge on any atom is 0.00129 e. The fourth-order valence-corrected chi connectivity index (χ4v) is 3.62. The van der Waals surface area contributed by atoms with E-state index < -0.39 is 0 Å². The molecule has 1 aliphatic carbocycles. The lowest BCUT2D eigenvalue weighted by Gasteiger charge is -2.38. The van der Waals surface area contributed by atoms with Gasteiger partial charge in [-0.25, -0.2) is 0 Å². The molecule has 16 heavy (non-hydrogen) atoms. The molecule has 0 aromatic heterocycles. The number of hydrogen-bond donors (Lipinski definition) is 1. The molecule has 2 aliphatic rings. The third-order valence-corrected chi connectivity index (χ3v) is 4.60. The van der Waals surface area contributed by atoms with Crippen molar-refractivity contribution < 1.29 is 0 Å². The number of hydrogen-bond acceptors (Lipinski definition) is 2. The van der Waals surface area contributed by atoms with Crippen LogP contribution in [0.1, 0.15) is 45.4 Å². The van der Waals surface area contributed by atoms with E-state index in [4.69, 9.17) is 5.73 Å². The normalized spacial score (nSPS) is 37.5. The van der Waals surface area contributed by atoms with Crippen LogP contribution in [0.15, 0.2) is 0 Å². The second kappa shape index (κ2) is 6.02. The Morgan fingerprint density at radius 2 is 1.81 bits per heavy atom. The van der Waals surface area contributed by atoms with Crippen LogP contribution < -0.4 is 5.73 Å². The molecule has 2 nitrogen and oxygen atoms in total. The smallest absolute Gasteiger partial charge is 0.00129 e. The van der Waals surface area contributed by atoms with Crippen molar-refractivity contribution in [2.75, 3.05) is 26.2 Å². The van der Waals surface area contributed by atoms with E-state index in [1.807, 2.05) is 0 Å². The molecule has 2 fully saturated rings. The van der Waals surface area contributed by atoms with Crippen LogP contribution in [0.4, 0.5) is 0 Å². The van der Waals surface area contributed by atoms with Gasteiger partial charge in [-0.3, -0.25) is 0 Å². The molecule has 2 N–H and O–H groups in total. The molecular formula is C14H28N2. The third kappa shape index (κ3) is 3.21. The summed E-state index contributed by atoms with van der Waals surface area (Å²) in [6.45, 7) is 7.29. The highest BCUT2D eigenvalue weighted by Gasteiger charge is 2.27. The van der Waals surface area contributed by atoms with Crippen molar-refractivity contribution in [3.8, 4) is 0 Å². The Hall–Kier alpha value is -0.0800. The fourth-order valence-electron chi connectivity index (χ4n) is 3.62. The predicted octanol–water partition coefficient (Wildman–Crippen LogP) is 2.48. The summed E-state index contributed by atoms with van der Waals surface area (Å²) in [6.07, 6.45) is 8.49. The number of nitrogens with zero attached hydrogens (tertiary/aromatic N) is 1. The third-order valence-electron chi connectivity index (χ3n) is 4.60. The number of rotatable bonds is 3. The van der Waals surface area contributed by atoms with Crippen LogP contribution in [0.25, 0.3) is 0 Å². The van der Waals surface area contributed by atoms with Gasteiger partial charge < -0.3 is 10.6 Å². The van der Waals surface area contributed by atoms with Crippen LogP contribution in [0.3, 0.4) is 0 Å². The lowest BCUT2D eigenvalue weighted by Crippen LogP contribution is -2.41. The molecule has 2 rings (SSSR count). The van der Waals surface area contributed by atoms with E-state index in [1.165, 1.54) is 58.2 Å². The van der Waals surface area contributed by atoms with Gasteiger partial charge in [-0.2, -0.15) is 0 Å². The van der Waals surface area contributed by atoms with Crippen molar-refractivity contribution in [2.24, 2.45) is 23.5 Å². The second-order valence-electron chi connectivity index (χ2n) is 6.05. The summed E-state index contributed by atoms with van der Waals surface area (Å²) in [5.41, 5.74) is 5.91. The fraction of sp³-hybridized carbons (Fsp3) is 1.00. The second-order valence-corrected chi connectivity index (χ2v) is 6.05. The van der Waals surface area contributed by atoms with Crippen molar-refractivity contribution in [2.45, 2.75) is 45.4 Å². The molecule has 3 unspecified atom stereocenters. The molecule has 1 saturated carbocycles. The lowest BCUT2D eigenvalue weighted by molar-refractivity contribution is 0.117. The summed E-state index contributed by atoms with van der Waals surface area (Å²) < 4.78 is 0. The first-order valence-electron chi connectivity index (χ1n) is 7.22. The highest BCUT2D eigenvalue weighted by Crippen LogP contribution is 2.30. The summed E-state index contributed by atoms with van der Waals surface area (Å²) in [6, 6.07) is 0. The van der Waals surface area contributed by atoms with Crippen molar-refractivity contribution in [1.29, 1.82) is 0 Å². The van der Waals surface area contributed by atoms with Gasteiger partial charge in [-0.05, 0) is 56.5 Å². The number of likely N-dealkylation sites (tertiary alicyclic amines) is 1. The first kappa shape index (κ1) is 12.4. The minimum atomic E-state index is 0.811. The molecule has 0 spiro atoms. The van der Waals surface area contributed by atoms with Crippen molar-refractivity contribution in [3.63, 3.8) is 0 Å². The largest absolute Gasteiger partial charge is 0.330 e. The molecule has 0 radical (unpaired) electrons. The standard InChI is InChI=1S/C14H28N2/c1-12-5-4-8-16(10-12)11-14-7-3-2-6-13(14)9-15/h12-14H,2-11,15H2,1H3. The Kier molecular flexibility index (Phi) is 4.66. The van der Waals surface area contributed by atoms with Crippen LogP contribution in [0.2, 0.25) is 0 Å². The Bertz CT molecular complexity index is 205. The van der Waals surface area contributed by atoms with E-state index in [9.17, 15) is 0 Å². The van der Waals surface area contributed by atoms with Crippen LogP contribution in [-0.2, 0) is 0 Å². The van der Waals surface area contributed by atoms with Gasteiger partial charge in [-0.1, -0.05) is 19.8 Å². The zero-order valence-corrected chi connectivity index (χ0v) is 10.8. The van der Waals surface area contributed by atoms with Crippen LogP contribution in [-0.4, -0.2) is 31.1 Å². The molecule has 3 atom stereocenters. The topological polar surface area (TPSA) is 29.3 Å². The average Bonchev–Trinajstić information content (AvgIpc) is 2.30. The number of nitrogens with two attached hydrogens (primary N) is 1. The summed E-state index contributed by atoms with van der Waals surface area (Å²) in [7, 11) is 0. The highest BCUT2D eigenvalue weighted by atomic mass is 15.1. The van der Waals surface area contributed by atoms with Gasteiger partial charge in [0.05, 0.1) is 0 Å². The quantitative estimate of drug-likeness (QED) is 0.798. The maximum atomic E-state index is 5.91. The zero-order valence-electron chi connectivity index (χ0n) is 10.8. The summed E-state index contributed by atoms with van der Waals surface area (Å²) >= 11 is 0. The molecule has 0 bridgehead atoms. The van der Waals surface area contributed by atoms with E-state index in [0.29, 0.717) is 0 Å². The molecule has 0 aromatic rings. The Morgan fingerprint density at radius 3 is 2.50 bits per heavy atom. The first-order chi connectivity index (χ1) is 7.79. The van der Waals surface area contributed by atoms with Crippen molar-refractivity contribution >= 4 is 0 Å². The monoisotopic (exact) mass is 224 g/mol. The van der Waals surface area contributed by atoms with Gasteiger partial charge in [0, 0.05) is 13.1 Å². The summed E-state index contributed by atoms with van der Waals surface area (Å²) in [5.74, 6) is 2.61. The van der Waals surface area contributed by atoms with Crippen LogP contribution >= 0.6 is 0 Å². The van der Waals surface area contributed by atoms with E-state index in [-0.39, 0.29) is 0 Å². The zero-order chi connectivity index (χ0) is 11.4. The van der Waals surface area contributed by atoms with Crippen molar-refractivity contribution in [1.82, 2.24) is 4.90 Å². The lowest BCUT2D eigenvalue weighted by atomic mass is 9.78. The maximum absolute atomic E-state index is 5.91. The average molecular weight is 224 g/mol. The Morgan fingerprint density at radius 1 is 1.06 bits per heavy atom. The van der Waals surface area contributed by atoms with Crippen LogP contribution in [0, 0.1) is 17.8 Å². The molecule has 0 aromatic carbocycles. The molecule has 1 aliphatic heterocycles. The van der Waals surface area contributed by atoms with E-state index in [2.05, 4.69) is 11.8 Å². The van der Waals surface area contributed by atoms with E-state index in [0.717, 1.165) is 24.3 Å². The SMILES string of the molecule is CC1CCCN(CC2CCCCC2CN)C1. The molecular weight excluding hydrogens is 196 g/mol. The minimum absolute atomic E-state index is 0.811. The van der Waals surface area contributed by atoms with Gasteiger partial charge in [0.1, 0.15) is 0 Å². The molecule has 1 heterocycles. The first-order valence-corrected chi connectivity index (χ1v) is 7.22. The van der Waals surface area contributed by atoms with Gasteiger partial charge in [0.2, 0.25) is 0 Å². The molecule has 2 heteroatoms. The molecule has 0 amide bonds. The van der Waals surface area contributed by atoms with Gasteiger partial charge in [0.15, 0.2) is 0 Å². The van der Waals surface area contributed by atoms with Crippen LogP contribution in [0.5, 0.6) is 0 Å². The Balaban J connectivity index is 1.82. The number of piperidine rings is 1. The van der Waals surface area contributed by atoms with Gasteiger partial charge in [0.25, 0.3) is 0 Å². The minimum Gasteiger partial charge on any atom is -0.330 e. The molecule has 94 valence electrons. The Labute approximate surface area is 101 Å². The van der Waals surface area contributed by atoms with E-state index in [1.54, 1.807) is 0 Å². The predicted molar refractivity (Wildman–Crippen MR) is 69.3 cm³/mol. The van der Waals surface area contributed by atoms with Gasteiger partial charge in [-0.15, -0.1) is 0 Å². The van der Waals surface area contributed by atoms with Gasteiger partial charge >= 0.3 is 0 Å². The van der Waals surface area contributed by atoms with Crippen molar-refractivity contribution in [3.05, 3.63) is 0 Å².